The predicted octanol–water partition coefficient (Wildman–Crippen LogP) is 4.34. The predicted molar refractivity (Wildman–Crippen MR) is 138 cm³/mol. The highest BCUT2D eigenvalue weighted by Crippen LogP contribution is 2.42. The highest BCUT2D eigenvalue weighted by atomic mass is 35.5. The van der Waals surface area contributed by atoms with Crippen molar-refractivity contribution >= 4 is 29.5 Å². The highest BCUT2D eigenvalue weighted by molar-refractivity contribution is 6.31. The van der Waals surface area contributed by atoms with Crippen LogP contribution in [0.25, 0.3) is 0 Å². The molecule has 1 heterocycles. The number of benzene rings is 2. The zero-order chi connectivity index (χ0) is 27.9. The van der Waals surface area contributed by atoms with E-state index in [0.717, 1.165) is 16.9 Å². The van der Waals surface area contributed by atoms with Crippen LogP contribution < -0.4 is 4.74 Å². The Balaban J connectivity index is 1.98. The van der Waals surface area contributed by atoms with Gasteiger partial charge in [-0.05, 0) is 48.7 Å². The minimum atomic E-state index is -1.42. The molecule has 0 radical (unpaired) electrons. The molecule has 2 aromatic carbocycles. The van der Waals surface area contributed by atoms with Crippen molar-refractivity contribution < 1.29 is 42.8 Å². The second-order valence-electron chi connectivity index (χ2n) is 8.90. The van der Waals surface area contributed by atoms with Crippen molar-refractivity contribution in [2.75, 3.05) is 20.3 Å². The summed E-state index contributed by atoms with van der Waals surface area (Å²) in [6.07, 6.45) is -2.39. The molecule has 10 heteroatoms. The van der Waals surface area contributed by atoms with Gasteiger partial charge in [0.25, 0.3) is 0 Å². The lowest BCUT2D eigenvalue weighted by Crippen LogP contribution is -2.58. The number of halogens is 1. The average Bonchev–Trinajstić information content (AvgIpc) is 2.86. The Morgan fingerprint density at radius 3 is 2.26 bits per heavy atom. The molecular weight excluding hydrogens is 516 g/mol. The summed E-state index contributed by atoms with van der Waals surface area (Å²) in [7, 11) is 1.46. The Bertz CT molecular complexity index is 1130. The van der Waals surface area contributed by atoms with Crippen molar-refractivity contribution in [3.63, 3.8) is 0 Å². The van der Waals surface area contributed by atoms with Crippen molar-refractivity contribution in [1.82, 2.24) is 0 Å². The number of carbonyl (C=O) groups is 3. The zero-order valence-corrected chi connectivity index (χ0v) is 22.9. The smallest absolute Gasteiger partial charge is 0.303 e. The van der Waals surface area contributed by atoms with E-state index in [1.165, 1.54) is 27.9 Å². The molecule has 0 aromatic heterocycles. The minimum absolute atomic E-state index is 0.0156. The van der Waals surface area contributed by atoms with Gasteiger partial charge in [0.2, 0.25) is 0 Å². The van der Waals surface area contributed by atoms with Crippen LogP contribution in [0.1, 0.15) is 50.8 Å². The van der Waals surface area contributed by atoms with Crippen LogP contribution in [0.4, 0.5) is 0 Å². The van der Waals surface area contributed by atoms with Gasteiger partial charge in [-0.2, -0.15) is 0 Å². The monoisotopic (exact) mass is 548 g/mol. The van der Waals surface area contributed by atoms with E-state index in [-0.39, 0.29) is 13.0 Å². The van der Waals surface area contributed by atoms with E-state index in [4.69, 9.17) is 40.0 Å². The summed E-state index contributed by atoms with van der Waals surface area (Å²) in [5, 5.41) is 0.551. The Morgan fingerprint density at radius 1 is 1.00 bits per heavy atom. The van der Waals surface area contributed by atoms with Crippen LogP contribution in [0.15, 0.2) is 42.5 Å². The first-order chi connectivity index (χ1) is 18.1. The van der Waals surface area contributed by atoms with Crippen LogP contribution in [0, 0.1) is 0 Å². The molecule has 0 spiro atoms. The van der Waals surface area contributed by atoms with E-state index in [0.29, 0.717) is 23.6 Å². The summed E-state index contributed by atoms with van der Waals surface area (Å²) in [5.41, 5.74) is 2.44. The lowest BCUT2D eigenvalue weighted by Gasteiger charge is -2.46. The summed E-state index contributed by atoms with van der Waals surface area (Å²) >= 11 is 6.56. The van der Waals surface area contributed by atoms with Crippen molar-refractivity contribution in [2.45, 2.75) is 64.6 Å². The molecule has 3 rings (SSSR count). The quantitative estimate of drug-likeness (QED) is 0.316. The average molecular weight is 549 g/mol. The van der Waals surface area contributed by atoms with Gasteiger partial charge in [-0.3, -0.25) is 14.4 Å². The molecule has 0 unspecified atom stereocenters. The first kappa shape index (κ1) is 29.4. The van der Waals surface area contributed by atoms with E-state index >= 15 is 0 Å². The van der Waals surface area contributed by atoms with Crippen molar-refractivity contribution in [3.05, 3.63) is 64.2 Å². The van der Waals surface area contributed by atoms with Gasteiger partial charge in [-0.25, -0.2) is 0 Å². The fourth-order valence-corrected chi connectivity index (χ4v) is 4.63. The lowest BCUT2D eigenvalue weighted by molar-refractivity contribution is -0.326. The SMILES string of the molecule is CCOc1ccc(Cc2cc([C@@]3(OC)C[C@@H](OC(C)=O)[C@H](OC(C)=O)[C@@H](COC(C)=O)O3)ccc2Cl)cc1. The minimum Gasteiger partial charge on any atom is -0.494 e. The first-order valence-electron chi connectivity index (χ1n) is 12.3. The molecule has 4 atom stereocenters. The second kappa shape index (κ2) is 13.1. The normalized spacial score (nSPS) is 22.8. The third kappa shape index (κ3) is 7.46. The standard InChI is InChI=1S/C28H33ClO9/c1-6-34-23-10-7-20(8-11-23)13-21-14-22(9-12-24(21)29)28(33-5)15-25(36-18(3)31)27(37-19(4)32)26(38-28)16-35-17(2)30/h7-12,14,25-27H,6,13,15-16H2,1-5H3/t25-,26-,27+,28-/m1/s1. The molecule has 1 aliphatic rings. The molecule has 1 aliphatic heterocycles. The largest absolute Gasteiger partial charge is 0.494 e. The van der Waals surface area contributed by atoms with Crippen molar-refractivity contribution in [3.8, 4) is 5.75 Å². The lowest BCUT2D eigenvalue weighted by atomic mass is 9.89. The number of carbonyl (C=O) groups excluding carboxylic acids is 3. The van der Waals surface area contributed by atoms with E-state index in [1.807, 2.05) is 37.3 Å². The van der Waals surface area contributed by atoms with Gasteiger partial charge in [0.05, 0.1) is 6.61 Å². The number of hydrogen-bond donors (Lipinski definition) is 0. The summed E-state index contributed by atoms with van der Waals surface area (Å²) in [5.74, 6) is -2.35. The Labute approximate surface area is 227 Å². The van der Waals surface area contributed by atoms with Gasteiger partial charge in [0.1, 0.15) is 24.6 Å². The van der Waals surface area contributed by atoms with Crippen LogP contribution in [0.3, 0.4) is 0 Å². The highest BCUT2D eigenvalue weighted by Gasteiger charge is 2.52. The van der Waals surface area contributed by atoms with E-state index in [1.54, 1.807) is 12.1 Å². The Hall–Kier alpha value is -3.14. The van der Waals surface area contributed by atoms with E-state index < -0.39 is 42.0 Å². The molecule has 38 heavy (non-hydrogen) atoms. The molecule has 2 aromatic rings. The summed E-state index contributed by atoms with van der Waals surface area (Å²) in [4.78, 5) is 35.4. The van der Waals surface area contributed by atoms with Crippen LogP contribution in [-0.2, 0) is 50.3 Å². The van der Waals surface area contributed by atoms with Gasteiger partial charge in [0, 0.05) is 44.9 Å². The third-order valence-corrected chi connectivity index (χ3v) is 6.43. The molecule has 0 N–H and O–H groups in total. The van der Waals surface area contributed by atoms with Crippen LogP contribution in [0.2, 0.25) is 5.02 Å². The second-order valence-corrected chi connectivity index (χ2v) is 9.31. The van der Waals surface area contributed by atoms with Gasteiger partial charge in [0.15, 0.2) is 11.9 Å². The molecule has 206 valence electrons. The maximum absolute atomic E-state index is 12.0. The zero-order valence-electron chi connectivity index (χ0n) is 22.2. The maximum Gasteiger partial charge on any atom is 0.303 e. The molecule has 0 saturated carbocycles. The van der Waals surface area contributed by atoms with E-state index in [9.17, 15) is 14.4 Å². The number of esters is 3. The van der Waals surface area contributed by atoms with E-state index in [2.05, 4.69) is 0 Å². The van der Waals surface area contributed by atoms with Crippen molar-refractivity contribution in [2.24, 2.45) is 0 Å². The number of ether oxygens (including phenoxy) is 6. The molecular formula is C28H33ClO9. The van der Waals surface area contributed by atoms with Crippen molar-refractivity contribution in [1.29, 1.82) is 0 Å². The first-order valence-corrected chi connectivity index (χ1v) is 12.7. The number of hydrogen-bond acceptors (Lipinski definition) is 9. The van der Waals surface area contributed by atoms with Gasteiger partial charge in [-0.15, -0.1) is 0 Å². The molecule has 1 saturated heterocycles. The topological polar surface area (TPSA) is 107 Å². The number of methoxy groups -OCH3 is 1. The van der Waals surface area contributed by atoms with Crippen LogP contribution in [0.5, 0.6) is 5.75 Å². The third-order valence-electron chi connectivity index (χ3n) is 6.06. The molecule has 1 fully saturated rings. The Morgan fingerprint density at radius 2 is 1.68 bits per heavy atom. The maximum atomic E-state index is 12.0. The van der Waals surface area contributed by atoms with Gasteiger partial charge >= 0.3 is 17.9 Å². The number of rotatable bonds is 10. The fourth-order valence-electron chi connectivity index (χ4n) is 4.45. The summed E-state index contributed by atoms with van der Waals surface area (Å²) in [6, 6.07) is 13.1. The summed E-state index contributed by atoms with van der Waals surface area (Å²) < 4.78 is 33.9. The van der Waals surface area contributed by atoms with Crippen LogP contribution in [-0.4, -0.2) is 56.5 Å². The summed E-state index contributed by atoms with van der Waals surface area (Å²) in [6.45, 7) is 6.00. The van der Waals surface area contributed by atoms with Gasteiger partial charge < -0.3 is 28.4 Å². The molecule has 0 amide bonds. The molecule has 0 bridgehead atoms. The Kier molecular flexibility index (Phi) is 10.1. The fraction of sp³-hybridized carbons (Fsp3) is 0.464. The molecule has 0 aliphatic carbocycles. The van der Waals surface area contributed by atoms with Crippen LogP contribution >= 0.6 is 11.6 Å². The van der Waals surface area contributed by atoms with Gasteiger partial charge in [-0.1, -0.05) is 29.8 Å². The molecule has 9 nitrogen and oxygen atoms in total.